The minimum atomic E-state index is -4.33. The molecule has 0 amide bonds. The number of aromatic nitrogens is 1. The van der Waals surface area contributed by atoms with Crippen molar-refractivity contribution in [3.8, 4) is 0 Å². The Kier molecular flexibility index (Phi) is 4.03. The van der Waals surface area contributed by atoms with Crippen LogP contribution in [-0.4, -0.2) is 4.57 Å². The van der Waals surface area contributed by atoms with Gasteiger partial charge in [-0.3, -0.25) is 0 Å². The van der Waals surface area contributed by atoms with Gasteiger partial charge in [-0.25, -0.2) is 0 Å². The molecular formula is C22H16F3N. The summed E-state index contributed by atoms with van der Waals surface area (Å²) in [6.45, 7) is 0. The molecule has 0 spiro atoms. The van der Waals surface area contributed by atoms with Gasteiger partial charge in [-0.15, -0.1) is 0 Å². The highest BCUT2D eigenvalue weighted by molar-refractivity contribution is 5.80. The molecule has 26 heavy (non-hydrogen) atoms. The molecule has 0 aliphatic carbocycles. The lowest BCUT2D eigenvalue weighted by atomic mass is 9.97. The van der Waals surface area contributed by atoms with Gasteiger partial charge in [0.25, 0.3) is 0 Å². The third-order valence-corrected chi connectivity index (χ3v) is 4.58. The summed E-state index contributed by atoms with van der Waals surface area (Å²) in [6, 6.07) is 25.1. The number of hydrogen-bond acceptors (Lipinski definition) is 0. The summed E-state index contributed by atoms with van der Waals surface area (Å²) in [7, 11) is 0. The van der Waals surface area contributed by atoms with Gasteiger partial charge < -0.3 is 4.57 Å². The van der Waals surface area contributed by atoms with Crippen LogP contribution in [-0.2, 0) is 6.18 Å². The van der Waals surface area contributed by atoms with E-state index in [-0.39, 0.29) is 6.04 Å². The summed E-state index contributed by atoms with van der Waals surface area (Å²) in [6.07, 6.45) is -2.35. The number of halogens is 3. The quantitative estimate of drug-likeness (QED) is 0.408. The third kappa shape index (κ3) is 2.99. The second-order valence-electron chi connectivity index (χ2n) is 6.21. The van der Waals surface area contributed by atoms with Crippen LogP contribution >= 0.6 is 0 Å². The van der Waals surface area contributed by atoms with Crippen LogP contribution in [0.4, 0.5) is 13.2 Å². The van der Waals surface area contributed by atoms with E-state index < -0.39 is 11.7 Å². The van der Waals surface area contributed by atoms with E-state index in [1.54, 1.807) is 12.1 Å². The molecule has 4 rings (SSSR count). The first-order chi connectivity index (χ1) is 12.5. The van der Waals surface area contributed by atoms with Gasteiger partial charge in [-0.2, -0.15) is 13.2 Å². The van der Waals surface area contributed by atoms with Gasteiger partial charge in [0.2, 0.25) is 0 Å². The maximum absolute atomic E-state index is 12.9. The Labute approximate surface area is 149 Å². The van der Waals surface area contributed by atoms with Crippen LogP contribution in [0.1, 0.15) is 22.7 Å². The van der Waals surface area contributed by atoms with E-state index in [0.29, 0.717) is 0 Å². The van der Waals surface area contributed by atoms with E-state index in [0.717, 1.165) is 34.2 Å². The number of alkyl halides is 3. The fraction of sp³-hybridized carbons (Fsp3) is 0.0909. The number of rotatable bonds is 3. The van der Waals surface area contributed by atoms with Crippen LogP contribution < -0.4 is 0 Å². The van der Waals surface area contributed by atoms with Crippen LogP contribution in [0.15, 0.2) is 91.1 Å². The molecule has 4 heteroatoms. The average molecular weight is 351 g/mol. The normalized spacial score (nSPS) is 13.0. The van der Waals surface area contributed by atoms with Crippen LogP contribution in [0.3, 0.4) is 0 Å². The van der Waals surface area contributed by atoms with Crippen molar-refractivity contribution >= 4 is 10.9 Å². The summed E-state index contributed by atoms with van der Waals surface area (Å²) < 4.78 is 40.9. The van der Waals surface area contributed by atoms with E-state index in [9.17, 15) is 13.2 Å². The van der Waals surface area contributed by atoms with E-state index >= 15 is 0 Å². The maximum atomic E-state index is 12.9. The minimum Gasteiger partial charge on any atom is -0.336 e. The van der Waals surface area contributed by atoms with Crippen molar-refractivity contribution in [3.63, 3.8) is 0 Å². The van der Waals surface area contributed by atoms with Crippen molar-refractivity contribution in [1.29, 1.82) is 0 Å². The average Bonchev–Trinajstić information content (AvgIpc) is 3.07. The number of para-hydroxylation sites is 1. The molecule has 0 radical (unpaired) electrons. The standard InChI is InChI=1S/C22H16F3N/c23-22(24,25)19-12-10-18(11-13-19)21(17-7-2-1-3-8-17)26-15-14-16-6-4-5-9-20(16)26/h1-15,21H. The molecule has 0 bridgehead atoms. The van der Waals surface area contributed by atoms with E-state index in [1.807, 2.05) is 66.9 Å². The van der Waals surface area contributed by atoms with Crippen molar-refractivity contribution in [3.05, 3.63) is 108 Å². The van der Waals surface area contributed by atoms with Gasteiger partial charge in [0.05, 0.1) is 11.6 Å². The number of nitrogens with zero attached hydrogens (tertiary/aromatic N) is 1. The molecule has 3 aromatic carbocycles. The Bertz CT molecular complexity index is 1010. The lowest BCUT2D eigenvalue weighted by Crippen LogP contribution is -2.12. The van der Waals surface area contributed by atoms with Crippen molar-refractivity contribution in [2.45, 2.75) is 12.2 Å². The van der Waals surface area contributed by atoms with E-state index in [2.05, 4.69) is 4.57 Å². The Morgan fingerprint density at radius 3 is 1.96 bits per heavy atom. The number of benzene rings is 3. The van der Waals surface area contributed by atoms with E-state index in [1.165, 1.54) is 0 Å². The van der Waals surface area contributed by atoms with Gasteiger partial charge >= 0.3 is 6.18 Å². The second kappa shape index (κ2) is 6.37. The Morgan fingerprint density at radius 1 is 0.654 bits per heavy atom. The lowest BCUT2D eigenvalue weighted by molar-refractivity contribution is -0.137. The van der Waals surface area contributed by atoms with Crippen LogP contribution in [0.25, 0.3) is 10.9 Å². The SMILES string of the molecule is FC(F)(F)c1ccc(C(c2ccccc2)n2ccc3ccccc32)cc1. The summed E-state index contributed by atoms with van der Waals surface area (Å²) in [5.74, 6) is 0. The number of fused-ring (bicyclic) bond motifs is 1. The van der Waals surface area contributed by atoms with Crippen molar-refractivity contribution in [1.82, 2.24) is 4.57 Å². The monoisotopic (exact) mass is 351 g/mol. The summed E-state index contributed by atoms with van der Waals surface area (Å²) in [5, 5.41) is 1.10. The largest absolute Gasteiger partial charge is 0.416 e. The lowest BCUT2D eigenvalue weighted by Gasteiger charge is -2.22. The molecule has 1 heterocycles. The number of hydrogen-bond donors (Lipinski definition) is 0. The fourth-order valence-electron chi connectivity index (χ4n) is 3.33. The highest BCUT2D eigenvalue weighted by Gasteiger charge is 2.30. The third-order valence-electron chi connectivity index (χ3n) is 4.58. The minimum absolute atomic E-state index is 0.196. The zero-order valence-corrected chi connectivity index (χ0v) is 13.8. The molecule has 0 N–H and O–H groups in total. The molecule has 0 aliphatic heterocycles. The Morgan fingerprint density at radius 2 is 1.27 bits per heavy atom. The Hall–Kier alpha value is -3.01. The maximum Gasteiger partial charge on any atom is 0.416 e. The summed E-state index contributed by atoms with van der Waals surface area (Å²) in [4.78, 5) is 0. The smallest absolute Gasteiger partial charge is 0.336 e. The van der Waals surface area contributed by atoms with Gasteiger partial charge in [0.15, 0.2) is 0 Å². The van der Waals surface area contributed by atoms with Gasteiger partial charge in [-0.1, -0.05) is 60.7 Å². The zero-order valence-electron chi connectivity index (χ0n) is 13.8. The van der Waals surface area contributed by atoms with E-state index in [4.69, 9.17) is 0 Å². The predicted octanol–water partition coefficient (Wildman–Crippen LogP) is 6.30. The molecule has 0 aliphatic rings. The zero-order chi connectivity index (χ0) is 18.1. The summed E-state index contributed by atoms with van der Waals surface area (Å²) in [5.41, 5.74) is 2.24. The molecule has 0 fully saturated rings. The molecule has 1 atom stereocenters. The first kappa shape index (κ1) is 16.5. The summed E-state index contributed by atoms with van der Waals surface area (Å²) >= 11 is 0. The molecule has 0 saturated carbocycles. The van der Waals surface area contributed by atoms with Crippen molar-refractivity contribution in [2.24, 2.45) is 0 Å². The molecule has 130 valence electrons. The highest BCUT2D eigenvalue weighted by Crippen LogP contribution is 2.34. The predicted molar refractivity (Wildman–Crippen MR) is 97.1 cm³/mol. The molecule has 1 unspecified atom stereocenters. The fourth-order valence-corrected chi connectivity index (χ4v) is 3.33. The first-order valence-electron chi connectivity index (χ1n) is 8.32. The van der Waals surface area contributed by atoms with Crippen LogP contribution in [0.2, 0.25) is 0 Å². The van der Waals surface area contributed by atoms with Crippen molar-refractivity contribution in [2.75, 3.05) is 0 Å². The van der Waals surface area contributed by atoms with Crippen LogP contribution in [0.5, 0.6) is 0 Å². The molecule has 4 aromatic rings. The van der Waals surface area contributed by atoms with Gasteiger partial charge in [0, 0.05) is 11.7 Å². The van der Waals surface area contributed by atoms with Crippen molar-refractivity contribution < 1.29 is 13.2 Å². The molecule has 0 saturated heterocycles. The Balaban J connectivity index is 1.87. The second-order valence-corrected chi connectivity index (χ2v) is 6.21. The topological polar surface area (TPSA) is 4.93 Å². The molecule has 1 aromatic heterocycles. The van der Waals surface area contributed by atoms with Gasteiger partial charge in [-0.05, 0) is 40.8 Å². The first-order valence-corrected chi connectivity index (χ1v) is 8.32. The van der Waals surface area contributed by atoms with Crippen LogP contribution in [0, 0.1) is 0 Å². The molecule has 1 nitrogen and oxygen atoms in total. The molecular weight excluding hydrogens is 335 g/mol. The van der Waals surface area contributed by atoms with Gasteiger partial charge in [0.1, 0.15) is 0 Å². The highest BCUT2D eigenvalue weighted by atomic mass is 19.4.